The lowest BCUT2D eigenvalue weighted by Crippen LogP contribution is -2.40. The number of hydrogen-bond donors (Lipinski definition) is 1. The molecule has 31 heavy (non-hydrogen) atoms. The van der Waals surface area contributed by atoms with Gasteiger partial charge in [0.1, 0.15) is 11.6 Å². The average Bonchev–Trinajstić information content (AvgIpc) is 3.46. The average molecular weight is 439 g/mol. The summed E-state index contributed by atoms with van der Waals surface area (Å²) in [7, 11) is 0. The molecule has 0 saturated carbocycles. The fraction of sp³-hybridized carbons (Fsp3) is 0.348. The third-order valence-electron chi connectivity index (χ3n) is 6.10. The van der Waals surface area contributed by atoms with Crippen LogP contribution in [0.3, 0.4) is 0 Å². The first kappa shape index (κ1) is 20.1. The van der Waals surface area contributed by atoms with Gasteiger partial charge in [0.25, 0.3) is 11.5 Å². The Bertz CT molecular complexity index is 1160. The molecule has 5 rings (SSSR count). The number of nitrogens with zero attached hydrogens (tertiary/aromatic N) is 3. The zero-order valence-electron chi connectivity index (χ0n) is 17.0. The number of fused-ring (bicyclic) bond motifs is 1. The summed E-state index contributed by atoms with van der Waals surface area (Å²) in [4.78, 5) is 38.6. The molecular formula is C23H23FN4O2S. The van der Waals surface area contributed by atoms with Gasteiger partial charge in [0, 0.05) is 36.0 Å². The van der Waals surface area contributed by atoms with Crippen LogP contribution in [0.15, 0.2) is 46.6 Å². The van der Waals surface area contributed by atoms with Crippen LogP contribution in [-0.2, 0) is 19.5 Å². The highest BCUT2D eigenvalue weighted by Crippen LogP contribution is 2.27. The van der Waals surface area contributed by atoms with Crippen molar-refractivity contribution in [1.29, 1.82) is 0 Å². The molecule has 1 amide bonds. The molecule has 8 heteroatoms. The predicted octanol–water partition coefficient (Wildman–Crippen LogP) is 3.16. The summed E-state index contributed by atoms with van der Waals surface area (Å²) >= 11 is 1.75. The zero-order chi connectivity index (χ0) is 21.4. The molecule has 6 nitrogen and oxygen atoms in total. The predicted molar refractivity (Wildman–Crippen MR) is 117 cm³/mol. The number of nitrogens with one attached hydrogen (secondary N) is 1. The molecule has 2 aromatic heterocycles. The monoisotopic (exact) mass is 438 g/mol. The van der Waals surface area contributed by atoms with E-state index in [0.717, 1.165) is 26.1 Å². The minimum Gasteiger partial charge on any atom is -0.332 e. The van der Waals surface area contributed by atoms with Crippen molar-refractivity contribution in [2.75, 3.05) is 19.6 Å². The minimum atomic E-state index is -0.533. The summed E-state index contributed by atoms with van der Waals surface area (Å²) in [6.45, 7) is 3.32. The van der Waals surface area contributed by atoms with Crippen molar-refractivity contribution < 1.29 is 9.18 Å². The SMILES string of the molecule is O=C(c1ccccc1F)N1CCc2c(nc([C@@H]3CCN(Cc4cccs4)C3)[nH]c2=O)C1. The molecule has 0 unspecified atom stereocenters. The molecule has 2 aliphatic rings. The summed E-state index contributed by atoms with van der Waals surface area (Å²) in [6, 6.07) is 10.2. The second-order valence-electron chi connectivity index (χ2n) is 8.13. The molecule has 4 heterocycles. The number of rotatable bonds is 4. The van der Waals surface area contributed by atoms with Crippen molar-refractivity contribution in [3.8, 4) is 0 Å². The summed E-state index contributed by atoms with van der Waals surface area (Å²) in [6.07, 6.45) is 1.36. The first-order chi connectivity index (χ1) is 15.1. The maximum atomic E-state index is 14.1. The van der Waals surface area contributed by atoms with E-state index in [2.05, 4.69) is 27.4 Å². The molecule has 2 aliphatic heterocycles. The summed E-state index contributed by atoms with van der Waals surface area (Å²) in [5.74, 6) is -0.0433. The van der Waals surface area contributed by atoms with Gasteiger partial charge in [0.2, 0.25) is 0 Å². The van der Waals surface area contributed by atoms with Gasteiger partial charge in [0.15, 0.2) is 0 Å². The highest BCUT2D eigenvalue weighted by Gasteiger charge is 2.30. The Labute approximate surface area is 183 Å². The van der Waals surface area contributed by atoms with Gasteiger partial charge in [-0.15, -0.1) is 11.3 Å². The maximum absolute atomic E-state index is 14.1. The number of aromatic nitrogens is 2. The van der Waals surface area contributed by atoms with Crippen LogP contribution in [0.2, 0.25) is 0 Å². The number of aromatic amines is 1. The summed E-state index contributed by atoms with van der Waals surface area (Å²) in [5.41, 5.74) is 1.20. The third-order valence-corrected chi connectivity index (χ3v) is 6.96. The van der Waals surface area contributed by atoms with Crippen LogP contribution >= 0.6 is 11.3 Å². The van der Waals surface area contributed by atoms with E-state index in [1.807, 2.05) is 0 Å². The van der Waals surface area contributed by atoms with Crippen LogP contribution in [0.4, 0.5) is 4.39 Å². The Balaban J connectivity index is 1.34. The number of carbonyl (C=O) groups is 1. The van der Waals surface area contributed by atoms with Gasteiger partial charge in [-0.2, -0.15) is 0 Å². The Morgan fingerprint density at radius 1 is 1.23 bits per heavy atom. The largest absolute Gasteiger partial charge is 0.332 e. The van der Waals surface area contributed by atoms with Crippen LogP contribution in [0.25, 0.3) is 0 Å². The fourth-order valence-corrected chi connectivity index (χ4v) is 5.20. The van der Waals surface area contributed by atoms with Gasteiger partial charge in [-0.1, -0.05) is 18.2 Å². The molecule has 1 N–H and O–H groups in total. The number of thiophene rings is 1. The van der Waals surface area contributed by atoms with E-state index in [0.29, 0.717) is 30.0 Å². The lowest BCUT2D eigenvalue weighted by atomic mass is 10.0. The van der Waals surface area contributed by atoms with E-state index in [9.17, 15) is 14.0 Å². The molecule has 1 fully saturated rings. The molecule has 0 aliphatic carbocycles. The van der Waals surface area contributed by atoms with Gasteiger partial charge in [-0.25, -0.2) is 9.37 Å². The van der Waals surface area contributed by atoms with Crippen molar-refractivity contribution in [3.05, 3.63) is 85.5 Å². The number of halogens is 1. The molecule has 1 saturated heterocycles. The second kappa shape index (κ2) is 8.36. The van der Waals surface area contributed by atoms with Crippen molar-refractivity contribution in [2.24, 2.45) is 0 Å². The number of H-pyrrole nitrogens is 1. The Hall–Kier alpha value is -2.84. The van der Waals surface area contributed by atoms with Gasteiger partial charge in [0.05, 0.1) is 17.8 Å². The van der Waals surface area contributed by atoms with Crippen LogP contribution in [-0.4, -0.2) is 45.3 Å². The zero-order valence-corrected chi connectivity index (χ0v) is 17.8. The lowest BCUT2D eigenvalue weighted by Gasteiger charge is -2.28. The topological polar surface area (TPSA) is 69.3 Å². The number of hydrogen-bond acceptors (Lipinski definition) is 5. The molecule has 0 radical (unpaired) electrons. The van der Waals surface area contributed by atoms with E-state index in [1.54, 1.807) is 28.4 Å². The molecule has 0 spiro atoms. The Morgan fingerprint density at radius 3 is 2.90 bits per heavy atom. The molecule has 0 bridgehead atoms. The van der Waals surface area contributed by atoms with E-state index in [-0.39, 0.29) is 29.5 Å². The second-order valence-corrected chi connectivity index (χ2v) is 9.17. The number of benzene rings is 1. The summed E-state index contributed by atoms with van der Waals surface area (Å²) < 4.78 is 14.1. The quantitative estimate of drug-likeness (QED) is 0.680. The molecule has 3 aromatic rings. The van der Waals surface area contributed by atoms with Crippen LogP contribution in [0.1, 0.15) is 44.7 Å². The van der Waals surface area contributed by atoms with Crippen LogP contribution in [0, 0.1) is 5.82 Å². The lowest BCUT2D eigenvalue weighted by molar-refractivity contribution is 0.0726. The molecule has 160 valence electrons. The smallest absolute Gasteiger partial charge is 0.257 e. The Morgan fingerprint density at radius 2 is 2.10 bits per heavy atom. The summed E-state index contributed by atoms with van der Waals surface area (Å²) in [5, 5.41) is 2.08. The van der Waals surface area contributed by atoms with Gasteiger partial charge in [-0.3, -0.25) is 14.5 Å². The van der Waals surface area contributed by atoms with Gasteiger partial charge >= 0.3 is 0 Å². The van der Waals surface area contributed by atoms with Crippen molar-refractivity contribution in [3.63, 3.8) is 0 Å². The molecule has 1 aromatic carbocycles. The first-order valence-corrected chi connectivity index (χ1v) is 11.4. The van der Waals surface area contributed by atoms with E-state index < -0.39 is 5.82 Å². The fourth-order valence-electron chi connectivity index (χ4n) is 4.45. The highest BCUT2D eigenvalue weighted by molar-refractivity contribution is 7.09. The molecular weight excluding hydrogens is 415 g/mol. The normalized spacial score (nSPS) is 18.9. The van der Waals surface area contributed by atoms with Crippen molar-refractivity contribution >= 4 is 17.2 Å². The van der Waals surface area contributed by atoms with Crippen LogP contribution in [0.5, 0.6) is 0 Å². The highest BCUT2D eigenvalue weighted by atomic mass is 32.1. The minimum absolute atomic E-state index is 0.0519. The van der Waals surface area contributed by atoms with E-state index in [4.69, 9.17) is 4.98 Å². The number of amides is 1. The third kappa shape index (κ3) is 4.05. The number of carbonyl (C=O) groups excluding carboxylic acids is 1. The first-order valence-electron chi connectivity index (χ1n) is 10.5. The Kier molecular flexibility index (Phi) is 5.41. The van der Waals surface area contributed by atoms with Crippen molar-refractivity contribution in [2.45, 2.75) is 31.8 Å². The van der Waals surface area contributed by atoms with E-state index >= 15 is 0 Å². The number of likely N-dealkylation sites (tertiary alicyclic amines) is 1. The van der Waals surface area contributed by atoms with Gasteiger partial charge in [-0.05, 0) is 43.0 Å². The van der Waals surface area contributed by atoms with Gasteiger partial charge < -0.3 is 9.88 Å². The van der Waals surface area contributed by atoms with Crippen LogP contribution < -0.4 is 5.56 Å². The van der Waals surface area contributed by atoms with Crippen molar-refractivity contribution in [1.82, 2.24) is 19.8 Å². The standard InChI is InChI=1S/C23H23FN4O2S/c24-19-6-2-1-5-17(19)23(30)28-10-8-18-20(14-28)25-21(26-22(18)29)15-7-9-27(12-15)13-16-4-3-11-31-16/h1-6,11,15H,7-10,12-14H2,(H,25,26,29)/t15-/m1/s1. The van der Waals surface area contributed by atoms with E-state index in [1.165, 1.54) is 17.0 Å². The maximum Gasteiger partial charge on any atom is 0.257 e. The molecule has 1 atom stereocenters.